The number of hydrogen-bond donors (Lipinski definition) is 0. The standard InChI is InChI=1S/C8H11BrOS/c1-6-3-4-8(2,11-6)7(10)5-9/h3H,4-5H2,1-2H3. The zero-order chi connectivity index (χ0) is 8.48. The van der Waals surface area contributed by atoms with Crippen LogP contribution in [0.3, 0.4) is 0 Å². The Labute approximate surface area is 79.8 Å². The van der Waals surface area contributed by atoms with Crippen LogP contribution >= 0.6 is 27.7 Å². The van der Waals surface area contributed by atoms with Gasteiger partial charge in [0, 0.05) is 0 Å². The van der Waals surface area contributed by atoms with Gasteiger partial charge in [-0.3, -0.25) is 4.79 Å². The quantitative estimate of drug-likeness (QED) is 0.684. The monoisotopic (exact) mass is 234 g/mol. The minimum Gasteiger partial charge on any atom is -0.297 e. The highest BCUT2D eigenvalue weighted by molar-refractivity contribution is 9.09. The molecule has 0 fully saturated rings. The van der Waals surface area contributed by atoms with E-state index in [1.54, 1.807) is 11.8 Å². The van der Waals surface area contributed by atoms with Gasteiger partial charge in [-0.25, -0.2) is 0 Å². The van der Waals surface area contributed by atoms with Gasteiger partial charge in [0.05, 0.1) is 10.1 Å². The lowest BCUT2D eigenvalue weighted by molar-refractivity contribution is -0.118. The van der Waals surface area contributed by atoms with Crippen molar-refractivity contribution in [1.29, 1.82) is 0 Å². The number of alkyl halides is 1. The summed E-state index contributed by atoms with van der Waals surface area (Å²) in [7, 11) is 0. The van der Waals surface area contributed by atoms with Crippen molar-refractivity contribution in [1.82, 2.24) is 0 Å². The Morgan fingerprint density at radius 2 is 2.55 bits per heavy atom. The molecule has 0 aromatic heterocycles. The molecule has 1 heterocycles. The van der Waals surface area contributed by atoms with Crippen LogP contribution in [0.15, 0.2) is 11.0 Å². The van der Waals surface area contributed by atoms with Crippen LogP contribution in [0.1, 0.15) is 20.3 Å². The van der Waals surface area contributed by atoms with E-state index in [9.17, 15) is 4.79 Å². The summed E-state index contributed by atoms with van der Waals surface area (Å²) in [5.74, 6) is 0.288. The maximum absolute atomic E-state index is 11.4. The van der Waals surface area contributed by atoms with E-state index in [1.165, 1.54) is 4.91 Å². The summed E-state index contributed by atoms with van der Waals surface area (Å²) < 4.78 is -0.187. The van der Waals surface area contributed by atoms with E-state index in [4.69, 9.17) is 0 Å². The number of allylic oxidation sites excluding steroid dienone is 2. The van der Waals surface area contributed by atoms with Crippen molar-refractivity contribution in [2.24, 2.45) is 0 Å². The van der Waals surface area contributed by atoms with Gasteiger partial charge in [0.15, 0.2) is 5.78 Å². The first kappa shape index (κ1) is 9.33. The van der Waals surface area contributed by atoms with Gasteiger partial charge in [0.2, 0.25) is 0 Å². The number of carbonyl (C=O) groups excluding carboxylic acids is 1. The summed E-state index contributed by atoms with van der Waals surface area (Å²) in [6.45, 7) is 4.06. The van der Waals surface area contributed by atoms with E-state index in [-0.39, 0.29) is 10.5 Å². The number of Topliss-reactive ketones (excluding diaryl/α,β-unsaturated/α-hetero) is 1. The van der Waals surface area contributed by atoms with Gasteiger partial charge < -0.3 is 0 Å². The first-order valence-corrected chi connectivity index (χ1v) is 5.47. The number of rotatable bonds is 2. The average Bonchev–Trinajstić information content (AvgIpc) is 2.31. The molecule has 1 aliphatic rings. The molecule has 0 aromatic rings. The molecule has 0 aliphatic carbocycles. The van der Waals surface area contributed by atoms with Crippen molar-refractivity contribution in [3.8, 4) is 0 Å². The molecule has 1 nitrogen and oxygen atoms in total. The molecule has 0 bridgehead atoms. The van der Waals surface area contributed by atoms with Crippen LogP contribution in [0.5, 0.6) is 0 Å². The third kappa shape index (κ3) is 1.88. The third-order valence-corrected chi connectivity index (χ3v) is 3.72. The van der Waals surface area contributed by atoms with E-state index in [2.05, 4.69) is 28.9 Å². The number of ketones is 1. The van der Waals surface area contributed by atoms with Crippen LogP contribution < -0.4 is 0 Å². The van der Waals surface area contributed by atoms with Crippen LogP contribution in [0.2, 0.25) is 0 Å². The lowest BCUT2D eigenvalue weighted by atomic mass is 10.0. The second-order valence-corrected chi connectivity index (χ2v) is 5.22. The normalized spacial score (nSPS) is 30.3. The van der Waals surface area contributed by atoms with E-state index >= 15 is 0 Å². The van der Waals surface area contributed by atoms with E-state index < -0.39 is 0 Å². The van der Waals surface area contributed by atoms with Gasteiger partial charge in [-0.05, 0) is 25.2 Å². The molecule has 1 atom stereocenters. The molecule has 0 aromatic carbocycles. The smallest absolute Gasteiger partial charge is 0.159 e. The lowest BCUT2D eigenvalue weighted by Crippen LogP contribution is -2.29. The summed E-state index contributed by atoms with van der Waals surface area (Å²) in [4.78, 5) is 12.6. The molecular weight excluding hydrogens is 224 g/mol. The maximum Gasteiger partial charge on any atom is 0.159 e. The Bertz CT molecular complexity index is 212. The zero-order valence-corrected chi connectivity index (χ0v) is 9.09. The highest BCUT2D eigenvalue weighted by Gasteiger charge is 2.35. The molecule has 0 saturated carbocycles. The Morgan fingerprint density at radius 1 is 1.91 bits per heavy atom. The number of thioether (sulfide) groups is 1. The number of halogens is 1. The average molecular weight is 235 g/mol. The highest BCUT2D eigenvalue weighted by atomic mass is 79.9. The Morgan fingerprint density at radius 3 is 2.91 bits per heavy atom. The molecule has 0 spiro atoms. The molecule has 62 valence electrons. The van der Waals surface area contributed by atoms with E-state index in [1.807, 2.05) is 6.92 Å². The molecule has 1 aliphatic heterocycles. The molecule has 0 amide bonds. The molecule has 3 heteroatoms. The second-order valence-electron chi connectivity index (χ2n) is 2.91. The van der Waals surface area contributed by atoms with Crippen LogP contribution in [0.25, 0.3) is 0 Å². The summed E-state index contributed by atoms with van der Waals surface area (Å²) in [5.41, 5.74) is 0. The van der Waals surface area contributed by atoms with Crippen molar-refractivity contribution < 1.29 is 4.79 Å². The van der Waals surface area contributed by atoms with Crippen LogP contribution in [-0.4, -0.2) is 15.9 Å². The van der Waals surface area contributed by atoms with Crippen molar-refractivity contribution in [3.05, 3.63) is 11.0 Å². The predicted octanol–water partition coefficient (Wildman–Crippen LogP) is 2.75. The van der Waals surface area contributed by atoms with Crippen LogP contribution in [0.4, 0.5) is 0 Å². The van der Waals surface area contributed by atoms with Gasteiger partial charge in [-0.2, -0.15) is 0 Å². The molecule has 0 saturated heterocycles. The number of carbonyl (C=O) groups is 1. The fourth-order valence-corrected chi connectivity index (χ4v) is 3.12. The van der Waals surface area contributed by atoms with Crippen molar-refractivity contribution in [2.75, 3.05) is 5.33 Å². The predicted molar refractivity (Wildman–Crippen MR) is 53.2 cm³/mol. The van der Waals surface area contributed by atoms with E-state index in [0.29, 0.717) is 5.33 Å². The Hall–Kier alpha value is 0.240. The van der Waals surface area contributed by atoms with E-state index in [0.717, 1.165) is 6.42 Å². The van der Waals surface area contributed by atoms with Crippen LogP contribution in [0, 0.1) is 0 Å². The summed E-state index contributed by atoms with van der Waals surface area (Å²) >= 11 is 4.88. The van der Waals surface area contributed by atoms with Crippen LogP contribution in [-0.2, 0) is 4.79 Å². The van der Waals surface area contributed by atoms with Gasteiger partial charge in [-0.15, -0.1) is 11.8 Å². The number of hydrogen-bond acceptors (Lipinski definition) is 2. The minimum absolute atomic E-state index is 0.187. The minimum atomic E-state index is -0.187. The van der Waals surface area contributed by atoms with Gasteiger partial charge >= 0.3 is 0 Å². The first-order valence-electron chi connectivity index (χ1n) is 3.53. The summed E-state index contributed by atoms with van der Waals surface area (Å²) in [5, 5.41) is 0.470. The molecule has 1 unspecified atom stereocenters. The van der Waals surface area contributed by atoms with Crippen molar-refractivity contribution in [3.63, 3.8) is 0 Å². The summed E-state index contributed by atoms with van der Waals surface area (Å²) in [6, 6.07) is 0. The maximum atomic E-state index is 11.4. The Balaban J connectivity index is 2.66. The highest BCUT2D eigenvalue weighted by Crippen LogP contribution is 2.42. The molecule has 11 heavy (non-hydrogen) atoms. The van der Waals surface area contributed by atoms with Gasteiger partial charge in [-0.1, -0.05) is 22.0 Å². The lowest BCUT2D eigenvalue weighted by Gasteiger charge is -2.19. The fourth-order valence-electron chi connectivity index (χ4n) is 1.09. The zero-order valence-electron chi connectivity index (χ0n) is 6.69. The van der Waals surface area contributed by atoms with Gasteiger partial charge in [0.25, 0.3) is 0 Å². The molecule has 0 N–H and O–H groups in total. The third-order valence-electron chi connectivity index (χ3n) is 1.88. The largest absolute Gasteiger partial charge is 0.297 e. The van der Waals surface area contributed by atoms with Gasteiger partial charge in [0.1, 0.15) is 0 Å². The van der Waals surface area contributed by atoms with Crippen molar-refractivity contribution >= 4 is 33.5 Å². The first-order chi connectivity index (χ1) is 5.08. The SMILES string of the molecule is CC1=CCC(C)(C(=O)CBr)S1. The second kappa shape index (κ2) is 3.31. The Kier molecular flexibility index (Phi) is 2.81. The molecule has 0 radical (unpaired) electrons. The molecular formula is C8H11BrOS. The fraction of sp³-hybridized carbons (Fsp3) is 0.625. The molecule has 1 rings (SSSR count). The summed E-state index contributed by atoms with van der Waals surface area (Å²) in [6.07, 6.45) is 3.01. The van der Waals surface area contributed by atoms with Crippen molar-refractivity contribution in [2.45, 2.75) is 25.0 Å². The topological polar surface area (TPSA) is 17.1 Å².